The fourth-order valence-electron chi connectivity index (χ4n) is 4.97. The van der Waals surface area contributed by atoms with Gasteiger partial charge < -0.3 is 40.7 Å². The molecule has 2 atom stereocenters. The molecule has 14 heteroatoms. The van der Waals surface area contributed by atoms with Gasteiger partial charge in [0.15, 0.2) is 6.61 Å². The fraction of sp³-hybridized carbons (Fsp3) is 0.448. The van der Waals surface area contributed by atoms with E-state index in [1.165, 1.54) is 25.5 Å². The Morgan fingerprint density at radius 1 is 1.00 bits per heavy atom. The summed E-state index contributed by atoms with van der Waals surface area (Å²) in [4.78, 5) is 67.6. The largest absolute Gasteiger partial charge is 0.492 e. The van der Waals surface area contributed by atoms with Gasteiger partial charge in [0.1, 0.15) is 22.8 Å². The standard InChI is InChI=1S/C29H38N3O10P/c1-17(21-9-10-24(22(14-21)28(30)36)41-15-19-6-4-3-5-7-19)31-29(37)23(32-18(2)33)12-20-8-11-26(43(38,39)40)25(13-20)42-16-27(34)35/h8-11,13-14,17,19,23H,3-7,12,15-16H2,1-2H3,(H2,30,36)(H,31,37)(H,32,33)(H,34,35)(H2,38,39,40). The zero-order valence-electron chi connectivity index (χ0n) is 24.1. The first-order valence-corrected chi connectivity index (χ1v) is 15.5. The van der Waals surface area contributed by atoms with Gasteiger partial charge in [-0.1, -0.05) is 31.4 Å². The van der Waals surface area contributed by atoms with Crippen LogP contribution in [0.1, 0.15) is 73.5 Å². The highest BCUT2D eigenvalue weighted by molar-refractivity contribution is 7.60. The summed E-state index contributed by atoms with van der Waals surface area (Å²) in [5.74, 6) is -2.66. The Morgan fingerprint density at radius 2 is 1.70 bits per heavy atom. The van der Waals surface area contributed by atoms with E-state index >= 15 is 0 Å². The summed E-state index contributed by atoms with van der Waals surface area (Å²) in [5.41, 5.74) is 6.73. The maximum absolute atomic E-state index is 13.3. The number of carboxylic acid groups (broad SMARTS) is 1. The fourth-order valence-corrected chi connectivity index (χ4v) is 5.65. The van der Waals surface area contributed by atoms with E-state index in [9.17, 15) is 33.5 Å². The van der Waals surface area contributed by atoms with Crippen LogP contribution in [0.25, 0.3) is 0 Å². The monoisotopic (exact) mass is 619 g/mol. The van der Waals surface area contributed by atoms with Crippen molar-refractivity contribution in [3.8, 4) is 11.5 Å². The van der Waals surface area contributed by atoms with E-state index in [1.54, 1.807) is 25.1 Å². The Morgan fingerprint density at radius 3 is 2.30 bits per heavy atom. The van der Waals surface area contributed by atoms with E-state index in [2.05, 4.69) is 10.6 Å². The molecule has 43 heavy (non-hydrogen) atoms. The smallest absolute Gasteiger partial charge is 0.359 e. The van der Waals surface area contributed by atoms with Crippen LogP contribution in [-0.4, -0.2) is 57.8 Å². The molecule has 1 aliphatic carbocycles. The second kappa shape index (κ2) is 15.0. The molecule has 0 radical (unpaired) electrons. The molecule has 3 amide bonds. The van der Waals surface area contributed by atoms with Crippen molar-refractivity contribution in [2.45, 2.75) is 64.5 Å². The van der Waals surface area contributed by atoms with Crippen LogP contribution in [0.15, 0.2) is 36.4 Å². The summed E-state index contributed by atoms with van der Waals surface area (Å²) < 4.78 is 22.9. The molecule has 2 aromatic carbocycles. The molecule has 2 unspecified atom stereocenters. The molecular formula is C29H38N3O10P. The molecule has 7 N–H and O–H groups in total. The third kappa shape index (κ3) is 10.1. The molecule has 1 aliphatic rings. The average molecular weight is 620 g/mol. The lowest BCUT2D eigenvalue weighted by Crippen LogP contribution is -2.48. The van der Waals surface area contributed by atoms with E-state index < -0.39 is 55.3 Å². The number of primary amides is 1. The first-order valence-electron chi connectivity index (χ1n) is 13.9. The van der Waals surface area contributed by atoms with Crippen LogP contribution >= 0.6 is 7.60 Å². The minimum absolute atomic E-state index is 0.108. The average Bonchev–Trinajstić information content (AvgIpc) is 2.94. The molecule has 0 aromatic heterocycles. The third-order valence-electron chi connectivity index (χ3n) is 7.15. The number of rotatable bonds is 14. The Bertz CT molecular complexity index is 1390. The number of nitrogens with two attached hydrogens (primary N) is 1. The molecule has 1 saturated carbocycles. The van der Waals surface area contributed by atoms with Crippen molar-refractivity contribution in [2.75, 3.05) is 13.2 Å². The van der Waals surface area contributed by atoms with Gasteiger partial charge in [0.05, 0.1) is 18.2 Å². The van der Waals surface area contributed by atoms with Crippen molar-refractivity contribution >= 4 is 36.6 Å². The van der Waals surface area contributed by atoms with E-state index in [1.807, 2.05) is 0 Å². The Kier molecular flexibility index (Phi) is 11.7. The molecule has 0 heterocycles. The zero-order valence-corrected chi connectivity index (χ0v) is 25.0. The quantitative estimate of drug-likeness (QED) is 0.169. The molecule has 2 aromatic rings. The zero-order chi connectivity index (χ0) is 31.7. The van der Waals surface area contributed by atoms with Crippen molar-refractivity contribution in [3.63, 3.8) is 0 Å². The summed E-state index contributed by atoms with van der Waals surface area (Å²) in [6.07, 6.45) is 5.58. The van der Waals surface area contributed by atoms with E-state index in [0.717, 1.165) is 31.7 Å². The van der Waals surface area contributed by atoms with Gasteiger partial charge in [-0.05, 0) is 61.1 Å². The van der Waals surface area contributed by atoms with Crippen LogP contribution in [-0.2, 0) is 25.4 Å². The normalized spacial score (nSPS) is 15.2. The van der Waals surface area contributed by atoms with Gasteiger partial charge in [-0.3, -0.25) is 18.9 Å². The molecular weight excluding hydrogens is 581 g/mol. The van der Waals surface area contributed by atoms with Crippen molar-refractivity contribution in [1.29, 1.82) is 0 Å². The Labute approximate surface area is 249 Å². The minimum atomic E-state index is -4.80. The minimum Gasteiger partial charge on any atom is -0.492 e. The van der Waals surface area contributed by atoms with E-state index in [4.69, 9.17) is 20.3 Å². The molecule has 0 aliphatic heterocycles. The predicted molar refractivity (Wildman–Crippen MR) is 156 cm³/mol. The predicted octanol–water partition coefficient (Wildman–Crippen LogP) is 1.94. The Hall–Kier alpha value is -3.93. The van der Waals surface area contributed by atoms with Crippen LogP contribution in [0.3, 0.4) is 0 Å². The van der Waals surface area contributed by atoms with Gasteiger partial charge in [-0.2, -0.15) is 0 Å². The van der Waals surface area contributed by atoms with E-state index in [0.29, 0.717) is 29.4 Å². The summed E-state index contributed by atoms with van der Waals surface area (Å²) >= 11 is 0. The molecule has 234 valence electrons. The molecule has 0 bridgehead atoms. The maximum atomic E-state index is 13.3. The highest BCUT2D eigenvalue weighted by atomic mass is 31.2. The number of carboxylic acids is 1. The van der Waals surface area contributed by atoms with Crippen LogP contribution in [0.5, 0.6) is 11.5 Å². The molecule has 0 saturated heterocycles. The molecule has 0 spiro atoms. The lowest BCUT2D eigenvalue weighted by atomic mass is 9.90. The summed E-state index contributed by atoms with van der Waals surface area (Å²) in [5, 5.41) is 13.8. The van der Waals surface area contributed by atoms with Crippen LogP contribution in [0, 0.1) is 5.92 Å². The lowest BCUT2D eigenvalue weighted by molar-refractivity contribution is -0.139. The topological polar surface area (TPSA) is 215 Å². The first-order chi connectivity index (χ1) is 20.2. The number of aliphatic carboxylic acids is 1. The summed E-state index contributed by atoms with van der Waals surface area (Å²) in [6, 6.07) is 6.85. The maximum Gasteiger partial charge on any atom is 0.359 e. The number of amides is 3. The SMILES string of the molecule is CC(=O)NC(Cc1ccc(P(=O)(O)O)c(OCC(=O)O)c1)C(=O)NC(C)c1ccc(OCC2CCCCC2)c(C(N)=O)c1. The van der Waals surface area contributed by atoms with Crippen molar-refractivity contribution in [2.24, 2.45) is 11.7 Å². The second-order valence-corrected chi connectivity index (χ2v) is 12.2. The van der Waals surface area contributed by atoms with Crippen molar-refractivity contribution in [1.82, 2.24) is 10.6 Å². The van der Waals surface area contributed by atoms with Gasteiger partial charge in [-0.25, -0.2) is 4.79 Å². The number of carbonyl (C=O) groups excluding carboxylic acids is 3. The molecule has 3 rings (SSSR count). The van der Waals surface area contributed by atoms with E-state index in [-0.39, 0.29) is 17.7 Å². The van der Waals surface area contributed by atoms with Gasteiger partial charge in [0.2, 0.25) is 11.8 Å². The highest BCUT2D eigenvalue weighted by Crippen LogP contribution is 2.38. The molecule has 1 fully saturated rings. The number of hydrogen-bond donors (Lipinski definition) is 6. The van der Waals surface area contributed by atoms with Crippen molar-refractivity contribution < 1.29 is 48.1 Å². The second-order valence-electron chi connectivity index (χ2n) is 10.7. The van der Waals surface area contributed by atoms with Gasteiger partial charge >= 0.3 is 13.6 Å². The lowest BCUT2D eigenvalue weighted by Gasteiger charge is -2.23. The van der Waals surface area contributed by atoms with Crippen LogP contribution in [0.2, 0.25) is 0 Å². The van der Waals surface area contributed by atoms with Gasteiger partial charge in [-0.15, -0.1) is 0 Å². The molecule has 13 nitrogen and oxygen atoms in total. The number of benzene rings is 2. The van der Waals surface area contributed by atoms with Gasteiger partial charge in [0.25, 0.3) is 5.91 Å². The third-order valence-corrected chi connectivity index (χ3v) is 8.15. The summed E-state index contributed by atoms with van der Waals surface area (Å²) in [6.45, 7) is 2.56. The van der Waals surface area contributed by atoms with Crippen LogP contribution < -0.4 is 31.1 Å². The number of carbonyl (C=O) groups is 4. The summed E-state index contributed by atoms with van der Waals surface area (Å²) in [7, 11) is -4.80. The number of nitrogens with one attached hydrogen (secondary N) is 2. The Balaban J connectivity index is 1.76. The van der Waals surface area contributed by atoms with Crippen LogP contribution in [0.4, 0.5) is 0 Å². The van der Waals surface area contributed by atoms with Crippen molar-refractivity contribution in [3.05, 3.63) is 53.1 Å². The number of hydrogen-bond acceptors (Lipinski definition) is 7. The highest BCUT2D eigenvalue weighted by Gasteiger charge is 2.27. The first kappa shape index (κ1) is 33.6. The number of ether oxygens (including phenoxy) is 2. The van der Waals surface area contributed by atoms with Gasteiger partial charge in [0, 0.05) is 13.3 Å².